The van der Waals surface area contributed by atoms with Crippen LogP contribution in [0.1, 0.15) is 12.0 Å². The maximum absolute atomic E-state index is 5.81. The van der Waals surface area contributed by atoms with E-state index in [2.05, 4.69) is 22.9 Å². The SMILES string of the molecule is Cc1cc(OCCCN2CCSC2)nc2ccccc12. The molecule has 3 rings (SSSR count). The van der Waals surface area contributed by atoms with Crippen molar-refractivity contribution in [1.29, 1.82) is 0 Å². The molecule has 0 radical (unpaired) electrons. The third-order valence-corrected chi connectivity index (χ3v) is 4.61. The number of hydrogen-bond acceptors (Lipinski definition) is 4. The molecule has 2 heterocycles. The van der Waals surface area contributed by atoms with Crippen molar-refractivity contribution in [2.45, 2.75) is 13.3 Å². The van der Waals surface area contributed by atoms with E-state index in [9.17, 15) is 0 Å². The van der Waals surface area contributed by atoms with Crippen LogP contribution in [0, 0.1) is 6.92 Å². The summed E-state index contributed by atoms with van der Waals surface area (Å²) in [6.07, 6.45) is 1.06. The molecule has 20 heavy (non-hydrogen) atoms. The number of hydrogen-bond donors (Lipinski definition) is 0. The number of aromatic nitrogens is 1. The van der Waals surface area contributed by atoms with Crippen LogP contribution in [-0.4, -0.2) is 41.2 Å². The summed E-state index contributed by atoms with van der Waals surface area (Å²) in [4.78, 5) is 7.04. The zero-order valence-electron chi connectivity index (χ0n) is 11.8. The molecule has 0 aliphatic carbocycles. The number of para-hydroxylation sites is 1. The normalized spacial score (nSPS) is 15.8. The van der Waals surface area contributed by atoms with Gasteiger partial charge in [-0.2, -0.15) is 0 Å². The van der Waals surface area contributed by atoms with E-state index >= 15 is 0 Å². The van der Waals surface area contributed by atoms with Gasteiger partial charge in [0.05, 0.1) is 12.1 Å². The topological polar surface area (TPSA) is 25.4 Å². The molecule has 1 aromatic carbocycles. The van der Waals surface area contributed by atoms with Crippen molar-refractivity contribution in [2.24, 2.45) is 0 Å². The summed E-state index contributed by atoms with van der Waals surface area (Å²) in [5.41, 5.74) is 2.24. The summed E-state index contributed by atoms with van der Waals surface area (Å²) in [6, 6.07) is 10.2. The first-order chi connectivity index (χ1) is 9.83. The molecule has 0 N–H and O–H groups in total. The van der Waals surface area contributed by atoms with Gasteiger partial charge in [0.15, 0.2) is 0 Å². The van der Waals surface area contributed by atoms with Gasteiger partial charge in [0, 0.05) is 36.2 Å². The highest BCUT2D eigenvalue weighted by atomic mass is 32.2. The molecule has 0 amide bonds. The number of thioether (sulfide) groups is 1. The van der Waals surface area contributed by atoms with E-state index in [0.717, 1.165) is 31.0 Å². The monoisotopic (exact) mass is 288 g/mol. The predicted molar refractivity (Wildman–Crippen MR) is 85.5 cm³/mol. The van der Waals surface area contributed by atoms with Crippen molar-refractivity contribution in [3.05, 3.63) is 35.9 Å². The van der Waals surface area contributed by atoms with E-state index in [4.69, 9.17) is 4.74 Å². The van der Waals surface area contributed by atoms with E-state index in [1.165, 1.54) is 29.1 Å². The van der Waals surface area contributed by atoms with Gasteiger partial charge in [0.2, 0.25) is 5.88 Å². The highest BCUT2D eigenvalue weighted by Gasteiger charge is 2.11. The molecule has 1 aromatic heterocycles. The standard InChI is InChI=1S/C16H20N2OS/c1-13-11-16(17-15-6-3-2-5-14(13)15)19-9-4-7-18-8-10-20-12-18/h2-3,5-6,11H,4,7-10,12H2,1H3. The van der Waals surface area contributed by atoms with Crippen LogP contribution < -0.4 is 4.74 Å². The molecule has 0 atom stereocenters. The van der Waals surface area contributed by atoms with Crippen LogP contribution in [0.2, 0.25) is 0 Å². The van der Waals surface area contributed by atoms with Gasteiger partial charge in [-0.25, -0.2) is 4.98 Å². The highest BCUT2D eigenvalue weighted by molar-refractivity contribution is 7.99. The molecule has 0 bridgehead atoms. The van der Waals surface area contributed by atoms with Gasteiger partial charge < -0.3 is 4.74 Å². The first kappa shape index (κ1) is 13.7. The van der Waals surface area contributed by atoms with E-state index in [1.54, 1.807) is 0 Å². The lowest BCUT2D eigenvalue weighted by molar-refractivity contribution is 0.262. The second-order valence-electron chi connectivity index (χ2n) is 5.15. The van der Waals surface area contributed by atoms with Crippen LogP contribution >= 0.6 is 11.8 Å². The van der Waals surface area contributed by atoms with E-state index in [0.29, 0.717) is 0 Å². The molecule has 0 saturated carbocycles. The van der Waals surface area contributed by atoms with Crippen molar-refractivity contribution in [3.8, 4) is 5.88 Å². The first-order valence-corrected chi connectivity index (χ1v) is 8.28. The summed E-state index contributed by atoms with van der Waals surface area (Å²) in [7, 11) is 0. The second-order valence-corrected chi connectivity index (χ2v) is 6.23. The van der Waals surface area contributed by atoms with Crippen LogP contribution in [0.3, 0.4) is 0 Å². The fraction of sp³-hybridized carbons (Fsp3) is 0.438. The van der Waals surface area contributed by atoms with Crippen LogP contribution in [0.15, 0.2) is 30.3 Å². The Labute approximate surface area is 124 Å². The Morgan fingerprint density at radius 3 is 3.10 bits per heavy atom. The highest BCUT2D eigenvalue weighted by Crippen LogP contribution is 2.21. The minimum atomic E-state index is 0.742. The lowest BCUT2D eigenvalue weighted by Crippen LogP contribution is -2.22. The predicted octanol–water partition coefficient (Wildman–Crippen LogP) is 3.32. The van der Waals surface area contributed by atoms with Gasteiger partial charge in [0.25, 0.3) is 0 Å². The van der Waals surface area contributed by atoms with E-state index in [-0.39, 0.29) is 0 Å². The van der Waals surface area contributed by atoms with Crippen LogP contribution in [0.4, 0.5) is 0 Å². The zero-order valence-corrected chi connectivity index (χ0v) is 12.7. The van der Waals surface area contributed by atoms with Gasteiger partial charge in [-0.3, -0.25) is 4.90 Å². The summed E-state index contributed by atoms with van der Waals surface area (Å²) in [5, 5.41) is 1.20. The molecule has 2 aromatic rings. The zero-order chi connectivity index (χ0) is 13.8. The largest absolute Gasteiger partial charge is 0.478 e. The number of benzene rings is 1. The summed E-state index contributed by atoms with van der Waals surface area (Å²) < 4.78 is 5.81. The number of fused-ring (bicyclic) bond motifs is 1. The van der Waals surface area contributed by atoms with Crippen molar-refractivity contribution in [3.63, 3.8) is 0 Å². The Balaban J connectivity index is 1.57. The first-order valence-electron chi connectivity index (χ1n) is 7.12. The summed E-state index contributed by atoms with van der Waals surface area (Å²) in [5.74, 6) is 3.19. The number of ether oxygens (including phenoxy) is 1. The molecular weight excluding hydrogens is 268 g/mol. The van der Waals surface area contributed by atoms with Gasteiger partial charge in [-0.05, 0) is 25.0 Å². The molecule has 4 heteroatoms. The Morgan fingerprint density at radius 1 is 1.35 bits per heavy atom. The average molecular weight is 288 g/mol. The number of aryl methyl sites for hydroxylation is 1. The minimum absolute atomic E-state index is 0.742. The van der Waals surface area contributed by atoms with Crippen molar-refractivity contribution in [2.75, 3.05) is 31.3 Å². The number of nitrogens with zero attached hydrogens (tertiary/aromatic N) is 2. The Kier molecular flexibility index (Phi) is 4.43. The van der Waals surface area contributed by atoms with Gasteiger partial charge in [-0.15, -0.1) is 11.8 Å². The Morgan fingerprint density at radius 2 is 2.25 bits per heavy atom. The molecule has 0 spiro atoms. The molecule has 0 unspecified atom stereocenters. The molecular formula is C16H20N2OS. The van der Waals surface area contributed by atoms with Crippen molar-refractivity contribution >= 4 is 22.7 Å². The molecule has 1 fully saturated rings. The fourth-order valence-electron chi connectivity index (χ4n) is 2.49. The smallest absolute Gasteiger partial charge is 0.214 e. The Hall–Kier alpha value is -1.26. The molecule has 1 aliphatic heterocycles. The lowest BCUT2D eigenvalue weighted by Gasteiger charge is -2.13. The second kappa shape index (κ2) is 6.46. The van der Waals surface area contributed by atoms with Crippen LogP contribution in [0.25, 0.3) is 10.9 Å². The maximum atomic E-state index is 5.81. The van der Waals surface area contributed by atoms with E-state index in [1.807, 2.05) is 36.0 Å². The van der Waals surface area contributed by atoms with Crippen LogP contribution in [-0.2, 0) is 0 Å². The molecule has 3 nitrogen and oxygen atoms in total. The van der Waals surface area contributed by atoms with E-state index < -0.39 is 0 Å². The van der Waals surface area contributed by atoms with Gasteiger partial charge in [-0.1, -0.05) is 18.2 Å². The fourth-order valence-corrected chi connectivity index (χ4v) is 3.52. The summed E-state index contributed by atoms with van der Waals surface area (Å²) >= 11 is 2.01. The quantitative estimate of drug-likeness (QED) is 0.788. The molecule has 1 saturated heterocycles. The average Bonchev–Trinajstić information content (AvgIpc) is 2.97. The third-order valence-electron chi connectivity index (χ3n) is 3.59. The maximum Gasteiger partial charge on any atom is 0.214 e. The lowest BCUT2D eigenvalue weighted by atomic mass is 10.1. The molecule has 106 valence electrons. The minimum Gasteiger partial charge on any atom is -0.478 e. The summed E-state index contributed by atoms with van der Waals surface area (Å²) in [6.45, 7) is 5.20. The number of rotatable bonds is 5. The Bertz CT molecular complexity index is 582. The van der Waals surface area contributed by atoms with Gasteiger partial charge in [0.1, 0.15) is 0 Å². The third kappa shape index (κ3) is 3.25. The van der Waals surface area contributed by atoms with Gasteiger partial charge >= 0.3 is 0 Å². The van der Waals surface area contributed by atoms with Crippen molar-refractivity contribution < 1.29 is 4.74 Å². The molecule has 1 aliphatic rings. The number of pyridine rings is 1. The van der Waals surface area contributed by atoms with Crippen molar-refractivity contribution in [1.82, 2.24) is 9.88 Å². The van der Waals surface area contributed by atoms with Crippen LogP contribution in [0.5, 0.6) is 5.88 Å².